The topological polar surface area (TPSA) is 198 Å². The van der Waals surface area contributed by atoms with Crippen LogP contribution in [0.15, 0.2) is 48.5 Å². The lowest BCUT2D eigenvalue weighted by Crippen LogP contribution is -2.51. The van der Waals surface area contributed by atoms with Crippen LogP contribution >= 0.6 is 0 Å². The normalized spacial score (nSPS) is 21.7. The van der Waals surface area contributed by atoms with Crippen molar-refractivity contribution in [2.75, 3.05) is 32.1 Å². The third kappa shape index (κ3) is 7.75. The molecule has 4 amide bonds. The quantitative estimate of drug-likeness (QED) is 0.0942. The average Bonchev–Trinajstić information content (AvgIpc) is 4.12. The minimum atomic E-state index is -0.712. The molecule has 0 radical (unpaired) electrons. The maximum absolute atomic E-state index is 13.7. The molecule has 5 aromatic rings. The van der Waals surface area contributed by atoms with Crippen LogP contribution in [0.5, 0.6) is 0 Å². The van der Waals surface area contributed by atoms with Gasteiger partial charge in [0.15, 0.2) is 0 Å². The van der Waals surface area contributed by atoms with Crippen LogP contribution in [0.4, 0.5) is 10.5 Å². The predicted octanol–water partition coefficient (Wildman–Crippen LogP) is 5.87. The number of hydrogen-bond acceptors (Lipinski definition) is 9. The molecule has 5 heterocycles. The van der Waals surface area contributed by atoms with Crippen LogP contribution in [0.25, 0.3) is 22.1 Å². The van der Waals surface area contributed by atoms with Crippen LogP contribution in [0.2, 0.25) is 0 Å². The number of aromatic nitrogens is 4. The highest BCUT2D eigenvalue weighted by Gasteiger charge is 2.39. The summed E-state index contributed by atoms with van der Waals surface area (Å²) in [6.45, 7) is 8.16. The predicted molar refractivity (Wildman–Crippen MR) is 234 cm³/mol. The summed E-state index contributed by atoms with van der Waals surface area (Å²) in [5, 5.41) is 18.5. The van der Waals surface area contributed by atoms with Crippen molar-refractivity contribution in [2.24, 2.45) is 11.8 Å². The number of carbonyl (C=O) groups excluding carboxylic acids is 4. The number of aliphatic hydroxyl groups excluding tert-OH is 1. The Labute approximate surface area is 360 Å². The number of carbonyl (C=O) groups is 4. The minimum Gasteiger partial charge on any atom is -0.453 e. The molecule has 326 valence electrons. The van der Waals surface area contributed by atoms with E-state index in [9.17, 15) is 24.3 Å². The highest BCUT2D eigenvalue weighted by molar-refractivity contribution is 5.89. The molecule has 1 aliphatic carbocycles. The summed E-state index contributed by atoms with van der Waals surface area (Å²) in [6, 6.07) is 15.9. The van der Waals surface area contributed by atoms with E-state index in [4.69, 9.17) is 14.7 Å². The van der Waals surface area contributed by atoms with E-state index >= 15 is 0 Å². The number of methoxy groups -OCH3 is 1. The van der Waals surface area contributed by atoms with Crippen LogP contribution < -0.4 is 16.0 Å². The summed E-state index contributed by atoms with van der Waals surface area (Å²) >= 11 is 0. The maximum Gasteiger partial charge on any atom is 0.407 e. The van der Waals surface area contributed by atoms with Crippen molar-refractivity contribution < 1.29 is 29.0 Å². The number of likely N-dealkylation sites (tertiary alicyclic amines) is 2. The molecule has 0 saturated carbocycles. The smallest absolute Gasteiger partial charge is 0.407 e. The van der Waals surface area contributed by atoms with Crippen molar-refractivity contribution in [2.45, 2.75) is 109 Å². The molecule has 4 unspecified atom stereocenters. The molecule has 2 saturated heterocycles. The number of anilines is 1. The highest BCUT2D eigenvalue weighted by atomic mass is 16.5. The summed E-state index contributed by atoms with van der Waals surface area (Å²) < 4.78 is 4.79. The molecule has 0 spiro atoms. The van der Waals surface area contributed by atoms with Gasteiger partial charge in [0.2, 0.25) is 17.7 Å². The first kappa shape index (κ1) is 41.4. The van der Waals surface area contributed by atoms with Gasteiger partial charge in [0.25, 0.3) is 0 Å². The number of hydrogen-bond donors (Lipinski definition) is 6. The fourth-order valence-corrected chi connectivity index (χ4v) is 10.2. The molecule has 6 atom stereocenters. The van der Waals surface area contributed by atoms with Gasteiger partial charge in [-0.2, -0.15) is 0 Å². The highest BCUT2D eigenvalue weighted by Crippen LogP contribution is 2.43. The number of benzene rings is 3. The Morgan fingerprint density at radius 1 is 0.742 bits per heavy atom. The van der Waals surface area contributed by atoms with Crippen molar-refractivity contribution in [1.29, 1.82) is 0 Å². The number of ether oxygens (including phenoxy) is 1. The number of nitrogens with one attached hydrogen (secondary N) is 5. The van der Waals surface area contributed by atoms with E-state index in [1.54, 1.807) is 0 Å². The van der Waals surface area contributed by atoms with Gasteiger partial charge in [0, 0.05) is 18.8 Å². The molecule has 62 heavy (non-hydrogen) atoms. The first-order valence-corrected chi connectivity index (χ1v) is 22.1. The average molecular weight is 844 g/mol. The number of fused-ring (bicyclic) bond motifs is 4. The second-order valence-corrected chi connectivity index (χ2v) is 18.3. The van der Waals surface area contributed by atoms with E-state index in [1.807, 2.05) is 37.5 Å². The van der Waals surface area contributed by atoms with E-state index in [1.165, 1.54) is 40.6 Å². The van der Waals surface area contributed by atoms with Gasteiger partial charge >= 0.3 is 6.09 Å². The lowest BCUT2D eigenvalue weighted by atomic mass is 9.96. The fourth-order valence-electron chi connectivity index (χ4n) is 10.2. The SMILES string of the molecule is COC(=O)N[C@@H](C(=O)N1CCCC1c1nc2ccc(C3Cc4cc5c(cc4N3)CC(c3ccc4nc(C6CCCN6C(=O)[C@@H](NC(=O)CO)C(C)C)[nH]c4c3)C5)cc2[nH]1)C(C)C. The Morgan fingerprint density at radius 2 is 1.29 bits per heavy atom. The second kappa shape index (κ2) is 16.7. The summed E-state index contributed by atoms with van der Waals surface area (Å²) in [6.07, 6.45) is 5.46. The maximum atomic E-state index is 13.7. The van der Waals surface area contributed by atoms with Crippen molar-refractivity contribution >= 4 is 51.6 Å². The summed E-state index contributed by atoms with van der Waals surface area (Å²) in [7, 11) is 1.30. The molecule has 2 fully saturated rings. The second-order valence-electron chi connectivity index (χ2n) is 18.3. The number of aliphatic hydroxyl groups is 1. The Kier molecular flexibility index (Phi) is 11.2. The molecule has 4 aliphatic rings. The lowest BCUT2D eigenvalue weighted by Gasteiger charge is -2.30. The summed E-state index contributed by atoms with van der Waals surface area (Å²) in [5.41, 5.74) is 11.3. The number of H-pyrrole nitrogens is 2. The van der Waals surface area contributed by atoms with Crippen LogP contribution in [0.3, 0.4) is 0 Å². The first-order chi connectivity index (χ1) is 29.9. The summed E-state index contributed by atoms with van der Waals surface area (Å²) in [4.78, 5) is 72.0. The van der Waals surface area contributed by atoms with E-state index in [0.717, 1.165) is 78.7 Å². The number of nitrogens with zero attached hydrogens (tertiary/aromatic N) is 4. The molecule has 2 aromatic heterocycles. The zero-order chi connectivity index (χ0) is 43.4. The molecule has 3 aromatic carbocycles. The van der Waals surface area contributed by atoms with E-state index in [-0.39, 0.29) is 41.8 Å². The summed E-state index contributed by atoms with van der Waals surface area (Å²) in [5.74, 6) is 0.812. The first-order valence-electron chi connectivity index (χ1n) is 22.1. The van der Waals surface area contributed by atoms with Gasteiger partial charge in [-0.3, -0.25) is 14.4 Å². The van der Waals surface area contributed by atoms with E-state index in [0.29, 0.717) is 19.0 Å². The van der Waals surface area contributed by atoms with Crippen LogP contribution in [0, 0.1) is 11.8 Å². The Bertz CT molecular complexity index is 2340. The molecule has 3 aliphatic heterocycles. The Balaban J connectivity index is 0.861. The van der Waals surface area contributed by atoms with Crippen molar-refractivity contribution in [3.05, 3.63) is 88.0 Å². The fraction of sp³-hybridized carbons (Fsp3) is 0.489. The van der Waals surface area contributed by atoms with Gasteiger partial charge in [-0.05, 0) is 121 Å². The van der Waals surface area contributed by atoms with Gasteiger partial charge in [0.1, 0.15) is 30.3 Å². The number of alkyl carbamates (subject to hydrolysis) is 1. The Hall–Kier alpha value is -5.96. The molecule has 15 nitrogen and oxygen atoms in total. The number of imidazole rings is 2. The van der Waals surface area contributed by atoms with E-state index in [2.05, 4.69) is 74.4 Å². The zero-order valence-corrected chi connectivity index (χ0v) is 36.1. The van der Waals surface area contributed by atoms with Crippen molar-refractivity contribution in [3.8, 4) is 0 Å². The molecule has 9 rings (SSSR count). The van der Waals surface area contributed by atoms with E-state index < -0.39 is 30.7 Å². The molecule has 15 heteroatoms. The van der Waals surface area contributed by atoms with Crippen LogP contribution in [-0.4, -0.2) is 97.5 Å². The van der Waals surface area contributed by atoms with Crippen molar-refractivity contribution in [3.63, 3.8) is 0 Å². The number of amides is 4. The number of aromatic amines is 2. The van der Waals surface area contributed by atoms with Gasteiger partial charge in [-0.25, -0.2) is 14.8 Å². The van der Waals surface area contributed by atoms with Gasteiger partial charge in [-0.15, -0.1) is 0 Å². The molecular weight excluding hydrogens is 787 g/mol. The molecule has 0 bridgehead atoms. The Morgan fingerprint density at radius 3 is 1.85 bits per heavy atom. The van der Waals surface area contributed by atoms with Gasteiger partial charge in [-0.1, -0.05) is 45.9 Å². The van der Waals surface area contributed by atoms with Gasteiger partial charge < -0.3 is 45.6 Å². The lowest BCUT2D eigenvalue weighted by molar-refractivity contribution is -0.139. The number of rotatable bonds is 11. The standard InChI is InChI=1S/C47H57N9O6/c1-24(2)41(53-40(58)23-57)45(59)55-14-6-8-38(55)43-49-32-12-10-26(19-36(32)51-43)28-16-29-18-31-22-34(48-35(31)21-30(29)17-28)27-11-13-33-37(20-27)52-44(50-33)39-9-7-15-56(39)46(60)42(25(3)4)54-47(61)62-5/h10-13,18-21,24-25,28,34,38-39,41-42,48,57H,6-9,14-17,22-23H2,1-5H3,(H,49,51)(H,50,52)(H,53,58)(H,54,61)/t28?,34?,38?,39?,41-,42+/m0/s1. The largest absolute Gasteiger partial charge is 0.453 e. The van der Waals surface area contributed by atoms with Crippen molar-refractivity contribution in [1.82, 2.24) is 40.4 Å². The van der Waals surface area contributed by atoms with Crippen LogP contribution in [0.1, 0.15) is 117 Å². The third-order valence-electron chi connectivity index (χ3n) is 13.5. The van der Waals surface area contributed by atoms with Crippen LogP contribution in [-0.2, 0) is 38.4 Å². The molecule has 6 N–H and O–H groups in total. The third-order valence-corrected chi connectivity index (χ3v) is 13.5. The molecular formula is C47H57N9O6. The van der Waals surface area contributed by atoms with Gasteiger partial charge in [0.05, 0.1) is 47.3 Å². The minimum absolute atomic E-state index is 0.101. The zero-order valence-electron chi connectivity index (χ0n) is 36.1. The monoisotopic (exact) mass is 843 g/mol.